The van der Waals surface area contributed by atoms with Crippen LogP contribution in [0.4, 0.5) is 4.79 Å². The van der Waals surface area contributed by atoms with E-state index in [-0.39, 0.29) is 5.91 Å². The summed E-state index contributed by atoms with van der Waals surface area (Å²) in [5.41, 5.74) is -0.693. The van der Waals surface area contributed by atoms with Crippen molar-refractivity contribution < 1.29 is 19.2 Å². The molecular weight excluding hydrogens is 376 g/mol. The third-order valence-electron chi connectivity index (χ3n) is 4.51. The Morgan fingerprint density at radius 2 is 1.93 bits per heavy atom. The third kappa shape index (κ3) is 4.70. The Morgan fingerprint density at radius 3 is 2.48 bits per heavy atom. The van der Waals surface area contributed by atoms with E-state index in [1.165, 1.54) is 5.06 Å². The topological polar surface area (TPSA) is 122 Å². The molecule has 1 aliphatic heterocycles. The maximum atomic E-state index is 12.6. The van der Waals surface area contributed by atoms with E-state index in [9.17, 15) is 9.59 Å². The fraction of sp³-hybridized carbons (Fsp3) is 0.526. The van der Waals surface area contributed by atoms with Gasteiger partial charge in [-0.1, -0.05) is 35.5 Å². The largest absolute Gasteiger partial charge is 0.444 e. The lowest BCUT2D eigenvalue weighted by Gasteiger charge is -2.47. The molecule has 2 aromatic rings. The van der Waals surface area contributed by atoms with Crippen molar-refractivity contribution in [1.82, 2.24) is 31.0 Å². The van der Waals surface area contributed by atoms with Crippen molar-refractivity contribution in [3.05, 3.63) is 41.7 Å². The van der Waals surface area contributed by atoms with Crippen LogP contribution in [0, 0.1) is 0 Å². The quantitative estimate of drug-likeness (QED) is 0.705. The highest BCUT2D eigenvalue weighted by molar-refractivity contribution is 5.91. The second kappa shape index (κ2) is 7.78. The van der Waals surface area contributed by atoms with Gasteiger partial charge in [-0.05, 0) is 40.2 Å². The minimum Gasteiger partial charge on any atom is -0.444 e. The van der Waals surface area contributed by atoms with Crippen LogP contribution in [0.25, 0.3) is 0 Å². The fourth-order valence-electron chi connectivity index (χ4n) is 3.08. The maximum absolute atomic E-state index is 12.6. The van der Waals surface area contributed by atoms with Gasteiger partial charge >= 0.3 is 6.09 Å². The average molecular weight is 402 g/mol. The van der Waals surface area contributed by atoms with Gasteiger partial charge in [0.05, 0.1) is 6.04 Å². The summed E-state index contributed by atoms with van der Waals surface area (Å²) in [5, 5.41) is 18.0. The molecule has 1 unspecified atom stereocenters. The second-order valence-corrected chi connectivity index (χ2v) is 8.25. The summed E-state index contributed by atoms with van der Waals surface area (Å²) in [6, 6.07) is 8.55. The van der Waals surface area contributed by atoms with E-state index in [2.05, 4.69) is 25.9 Å². The number of alkyl carbamates (subject to hydrolysis) is 1. The van der Waals surface area contributed by atoms with Crippen LogP contribution in [-0.2, 0) is 26.4 Å². The number of carbonyl (C=O) groups excluding carboxylic acids is 2. The second-order valence-electron chi connectivity index (χ2n) is 8.25. The first-order valence-electron chi connectivity index (χ1n) is 9.39. The summed E-state index contributed by atoms with van der Waals surface area (Å²) in [7, 11) is 0. The van der Waals surface area contributed by atoms with E-state index in [1.54, 1.807) is 34.6 Å². The maximum Gasteiger partial charge on any atom is 0.408 e. The molecule has 3 rings (SSSR count). The van der Waals surface area contributed by atoms with Gasteiger partial charge < -0.3 is 10.1 Å². The molecule has 156 valence electrons. The Morgan fingerprint density at radius 1 is 1.24 bits per heavy atom. The van der Waals surface area contributed by atoms with Crippen molar-refractivity contribution in [3.8, 4) is 0 Å². The van der Waals surface area contributed by atoms with E-state index in [4.69, 9.17) is 9.57 Å². The van der Waals surface area contributed by atoms with Crippen LogP contribution in [0.3, 0.4) is 0 Å². The van der Waals surface area contributed by atoms with Gasteiger partial charge in [0.15, 0.2) is 5.60 Å². The molecule has 0 radical (unpaired) electrons. The van der Waals surface area contributed by atoms with Crippen LogP contribution in [0.15, 0.2) is 30.3 Å². The van der Waals surface area contributed by atoms with Crippen molar-refractivity contribution in [2.24, 2.45) is 0 Å². The summed E-state index contributed by atoms with van der Waals surface area (Å²) >= 11 is 0. The summed E-state index contributed by atoms with van der Waals surface area (Å²) in [5.74, 6) is -0.0453. The SMILES string of the molecule is C[C@H]1[C@H](NC(=O)OC(C)(C)C)C(=O)N1OC(C)(Cc1ccccc1)c1nn[nH]n1. The number of nitrogens with zero attached hydrogens (tertiary/aromatic N) is 4. The lowest BCUT2D eigenvalue weighted by Crippen LogP contribution is -2.70. The van der Waals surface area contributed by atoms with Crippen molar-refractivity contribution >= 4 is 12.0 Å². The lowest BCUT2D eigenvalue weighted by molar-refractivity contribution is -0.284. The van der Waals surface area contributed by atoms with E-state index in [1.807, 2.05) is 30.3 Å². The minimum atomic E-state index is -1.03. The van der Waals surface area contributed by atoms with Gasteiger partial charge in [-0.3, -0.25) is 9.63 Å². The fourth-order valence-corrected chi connectivity index (χ4v) is 3.08. The number of H-pyrrole nitrogens is 1. The van der Waals surface area contributed by atoms with E-state index >= 15 is 0 Å². The predicted molar refractivity (Wildman–Crippen MR) is 102 cm³/mol. The van der Waals surface area contributed by atoms with Gasteiger partial charge in [0.25, 0.3) is 5.91 Å². The number of nitrogens with one attached hydrogen (secondary N) is 2. The van der Waals surface area contributed by atoms with Crippen molar-refractivity contribution in [2.45, 2.75) is 64.3 Å². The molecule has 2 N–H and O–H groups in total. The van der Waals surface area contributed by atoms with Crippen LogP contribution >= 0.6 is 0 Å². The highest BCUT2D eigenvalue weighted by Crippen LogP contribution is 2.32. The smallest absolute Gasteiger partial charge is 0.408 e. The molecule has 10 heteroatoms. The molecule has 29 heavy (non-hydrogen) atoms. The van der Waals surface area contributed by atoms with Crippen molar-refractivity contribution in [2.75, 3.05) is 0 Å². The zero-order valence-electron chi connectivity index (χ0n) is 17.2. The number of rotatable bonds is 6. The van der Waals surface area contributed by atoms with Gasteiger partial charge in [0.1, 0.15) is 11.6 Å². The number of amides is 2. The highest BCUT2D eigenvalue weighted by Gasteiger charge is 2.51. The monoisotopic (exact) mass is 402 g/mol. The highest BCUT2D eigenvalue weighted by atomic mass is 16.7. The standard InChI is InChI=1S/C19H26N6O4/c1-12-14(20-17(27)28-18(2,3)4)15(26)25(12)29-19(5,16-21-23-24-22-16)11-13-9-7-6-8-10-13/h6-10,12,14H,11H2,1-5H3,(H,20,27)(H,21,22,23,24)/t12-,14-,19?/m0/s1. The number of hydrogen-bond donors (Lipinski definition) is 2. The lowest BCUT2D eigenvalue weighted by atomic mass is 9.95. The molecule has 0 saturated carbocycles. The molecule has 0 aliphatic carbocycles. The predicted octanol–water partition coefficient (Wildman–Crippen LogP) is 1.71. The van der Waals surface area contributed by atoms with Crippen LogP contribution in [-0.4, -0.2) is 55.4 Å². The Balaban J connectivity index is 1.71. The first-order valence-corrected chi connectivity index (χ1v) is 9.39. The van der Waals surface area contributed by atoms with E-state index < -0.39 is 29.4 Å². The summed E-state index contributed by atoms with van der Waals surface area (Å²) < 4.78 is 5.22. The molecule has 1 saturated heterocycles. The molecular formula is C19H26N6O4. The normalized spacial score (nSPS) is 21.3. The number of hydroxylamine groups is 2. The van der Waals surface area contributed by atoms with Crippen molar-refractivity contribution in [1.29, 1.82) is 0 Å². The van der Waals surface area contributed by atoms with Gasteiger partial charge in [0.2, 0.25) is 5.82 Å². The van der Waals surface area contributed by atoms with Gasteiger partial charge in [0, 0.05) is 6.42 Å². The Labute approximate surface area is 168 Å². The third-order valence-corrected chi connectivity index (χ3v) is 4.51. The average Bonchev–Trinajstić information content (AvgIpc) is 3.19. The Kier molecular flexibility index (Phi) is 5.56. The Bertz CT molecular complexity index is 851. The zero-order chi connectivity index (χ0) is 21.2. The molecule has 1 aromatic heterocycles. The van der Waals surface area contributed by atoms with Crippen LogP contribution < -0.4 is 5.32 Å². The first kappa shape index (κ1) is 20.7. The molecule has 2 amide bonds. The number of tetrazole rings is 1. The Hall–Kier alpha value is -3.01. The summed E-state index contributed by atoms with van der Waals surface area (Å²) in [6.07, 6.45) is -0.221. The number of aromatic nitrogens is 4. The molecule has 10 nitrogen and oxygen atoms in total. The number of aromatic amines is 1. The van der Waals surface area contributed by atoms with Crippen LogP contribution in [0.1, 0.15) is 46.0 Å². The van der Waals surface area contributed by atoms with Gasteiger partial charge in [-0.15, -0.1) is 10.2 Å². The molecule has 3 atom stereocenters. The summed E-state index contributed by atoms with van der Waals surface area (Å²) in [4.78, 5) is 30.7. The molecule has 1 aromatic carbocycles. The van der Waals surface area contributed by atoms with Crippen LogP contribution in [0.5, 0.6) is 0 Å². The minimum absolute atomic E-state index is 0.324. The van der Waals surface area contributed by atoms with E-state index in [0.717, 1.165) is 5.56 Å². The number of carbonyl (C=O) groups is 2. The molecule has 0 spiro atoms. The molecule has 1 aliphatic rings. The molecule has 2 heterocycles. The van der Waals surface area contributed by atoms with E-state index in [0.29, 0.717) is 12.2 Å². The first-order chi connectivity index (χ1) is 13.6. The molecule has 0 bridgehead atoms. The van der Waals surface area contributed by atoms with Gasteiger partial charge in [-0.25, -0.2) is 9.86 Å². The molecule has 1 fully saturated rings. The zero-order valence-corrected chi connectivity index (χ0v) is 17.2. The number of β-lactam (4-membered cyclic amide) rings is 1. The summed E-state index contributed by atoms with van der Waals surface area (Å²) in [6.45, 7) is 8.85. The number of benzene rings is 1. The van der Waals surface area contributed by atoms with Crippen LogP contribution in [0.2, 0.25) is 0 Å². The van der Waals surface area contributed by atoms with Gasteiger partial charge in [-0.2, -0.15) is 5.21 Å². The number of hydrogen-bond acceptors (Lipinski definition) is 7. The number of ether oxygens (including phenoxy) is 1. The van der Waals surface area contributed by atoms with Crippen molar-refractivity contribution in [3.63, 3.8) is 0 Å².